The van der Waals surface area contributed by atoms with Crippen molar-refractivity contribution in [2.75, 3.05) is 5.32 Å². The second kappa shape index (κ2) is 7.72. The van der Waals surface area contributed by atoms with Crippen LogP contribution in [0.2, 0.25) is 0 Å². The minimum absolute atomic E-state index is 0.989. The Bertz CT molecular complexity index is 1640. The molecule has 33 heavy (non-hydrogen) atoms. The van der Waals surface area contributed by atoms with E-state index in [1.54, 1.807) is 0 Å². The van der Waals surface area contributed by atoms with Crippen molar-refractivity contribution in [1.29, 1.82) is 0 Å². The predicted molar refractivity (Wildman–Crippen MR) is 137 cm³/mol. The van der Waals surface area contributed by atoms with Gasteiger partial charge in [-0.15, -0.1) is 4.57 Å². The lowest BCUT2D eigenvalue weighted by Crippen LogP contribution is -2.33. The topological polar surface area (TPSA) is 28.8 Å². The van der Waals surface area contributed by atoms with Crippen molar-refractivity contribution >= 4 is 44.2 Å². The molecule has 6 aromatic rings. The summed E-state index contributed by atoms with van der Waals surface area (Å²) in [6.07, 6.45) is 0. The summed E-state index contributed by atoms with van der Waals surface area (Å²) in [5.74, 6) is 0. The minimum atomic E-state index is 0.989. The number of nitrogens with zero attached hydrogens (tertiary/aromatic N) is 2. The molecule has 158 valence electrons. The molecular formula is C30H24N3+. The van der Waals surface area contributed by atoms with Crippen molar-refractivity contribution in [3.05, 3.63) is 114 Å². The number of fused-ring (bicyclic) bond motifs is 4. The molecule has 6 rings (SSSR count). The number of nitrogens with one attached hydrogen (secondary N) is 1. The molecule has 0 amide bonds. The Kier molecular flexibility index (Phi) is 4.55. The van der Waals surface area contributed by atoms with Gasteiger partial charge in [-0.3, -0.25) is 0 Å². The summed E-state index contributed by atoms with van der Waals surface area (Å²) >= 11 is 0. The van der Waals surface area contributed by atoms with Gasteiger partial charge in [-0.1, -0.05) is 66.2 Å². The summed E-state index contributed by atoms with van der Waals surface area (Å²) in [6.45, 7) is 4.25. The summed E-state index contributed by atoms with van der Waals surface area (Å²) in [4.78, 5) is 5.15. The van der Waals surface area contributed by atoms with Gasteiger partial charge >= 0.3 is 0 Å². The van der Waals surface area contributed by atoms with E-state index < -0.39 is 0 Å². The summed E-state index contributed by atoms with van der Waals surface area (Å²) < 4.78 is 2.34. The van der Waals surface area contributed by atoms with Crippen molar-refractivity contribution in [1.82, 2.24) is 4.98 Å². The Morgan fingerprint density at radius 1 is 0.636 bits per heavy atom. The zero-order valence-electron chi connectivity index (χ0n) is 18.7. The third kappa shape index (κ3) is 3.39. The van der Waals surface area contributed by atoms with Crippen LogP contribution in [0.3, 0.4) is 0 Å². The normalized spacial score (nSPS) is 11.3. The van der Waals surface area contributed by atoms with Gasteiger partial charge in [0.15, 0.2) is 0 Å². The Hall–Kier alpha value is -4.24. The molecule has 3 heteroatoms. The van der Waals surface area contributed by atoms with E-state index in [1.165, 1.54) is 11.1 Å². The van der Waals surface area contributed by atoms with Crippen molar-refractivity contribution in [2.24, 2.45) is 0 Å². The number of aromatic nitrogens is 2. The molecule has 0 fully saturated rings. The standard InChI is InChI=1S/C30H23N3/c1-20-12-15-23(16-13-20)33-28-18-21(2)14-17-26(28)32-30-25-11-7-6-10-24(25)27(19-29(30)33)31-22-8-4-3-5-9-22/h3-19H,1-2H3/p+1. The highest BCUT2D eigenvalue weighted by Gasteiger charge is 2.22. The highest BCUT2D eigenvalue weighted by atomic mass is 15.0. The van der Waals surface area contributed by atoms with Crippen LogP contribution in [0, 0.1) is 13.8 Å². The second-order valence-electron chi connectivity index (χ2n) is 8.60. The highest BCUT2D eigenvalue weighted by molar-refractivity contribution is 6.11. The Labute approximate surface area is 193 Å². The van der Waals surface area contributed by atoms with Gasteiger partial charge in [-0.25, -0.2) is 4.98 Å². The van der Waals surface area contributed by atoms with Crippen LogP contribution < -0.4 is 9.88 Å². The molecule has 0 unspecified atom stereocenters. The first-order chi connectivity index (χ1) is 16.2. The first-order valence-corrected chi connectivity index (χ1v) is 11.2. The maximum atomic E-state index is 5.15. The van der Waals surface area contributed by atoms with Crippen LogP contribution in [-0.2, 0) is 0 Å². The van der Waals surface area contributed by atoms with E-state index in [0.717, 1.165) is 49.9 Å². The Morgan fingerprint density at radius 2 is 1.33 bits per heavy atom. The molecule has 0 saturated carbocycles. The molecule has 0 atom stereocenters. The van der Waals surface area contributed by atoms with E-state index in [9.17, 15) is 0 Å². The molecule has 0 spiro atoms. The molecule has 0 aliphatic carbocycles. The zero-order chi connectivity index (χ0) is 22.4. The lowest BCUT2D eigenvalue weighted by atomic mass is 10.0. The van der Waals surface area contributed by atoms with Gasteiger partial charge in [0.2, 0.25) is 16.7 Å². The molecule has 1 N–H and O–H groups in total. The third-order valence-corrected chi connectivity index (χ3v) is 6.19. The smallest absolute Gasteiger partial charge is 0.240 e. The molecule has 0 bridgehead atoms. The van der Waals surface area contributed by atoms with E-state index in [2.05, 4.69) is 121 Å². The van der Waals surface area contributed by atoms with Crippen molar-refractivity contribution in [3.63, 3.8) is 0 Å². The van der Waals surface area contributed by atoms with Gasteiger partial charge in [-0.05, 0) is 37.6 Å². The lowest BCUT2D eigenvalue weighted by molar-refractivity contribution is -0.538. The molecule has 1 aromatic heterocycles. The van der Waals surface area contributed by atoms with Crippen LogP contribution in [0.4, 0.5) is 11.4 Å². The largest absolute Gasteiger partial charge is 0.355 e. The summed E-state index contributed by atoms with van der Waals surface area (Å²) in [6, 6.07) is 36.3. The van der Waals surface area contributed by atoms with Gasteiger partial charge in [0, 0.05) is 40.7 Å². The molecule has 3 nitrogen and oxygen atoms in total. The van der Waals surface area contributed by atoms with Crippen LogP contribution in [0.5, 0.6) is 0 Å². The molecule has 0 aliphatic rings. The molecular weight excluding hydrogens is 402 g/mol. The Balaban J connectivity index is 1.76. The number of hydrogen-bond acceptors (Lipinski definition) is 2. The van der Waals surface area contributed by atoms with Crippen molar-refractivity contribution in [3.8, 4) is 5.69 Å². The fourth-order valence-corrected chi connectivity index (χ4v) is 4.54. The molecule has 5 aromatic carbocycles. The van der Waals surface area contributed by atoms with Gasteiger partial charge in [0.05, 0.1) is 5.69 Å². The van der Waals surface area contributed by atoms with Crippen LogP contribution in [-0.4, -0.2) is 4.98 Å². The first-order valence-electron chi connectivity index (χ1n) is 11.2. The lowest BCUT2D eigenvalue weighted by Gasteiger charge is -2.13. The highest BCUT2D eigenvalue weighted by Crippen LogP contribution is 2.33. The SMILES string of the molecule is Cc1ccc(-[n+]2c3cc(C)ccc3nc3c4ccccc4c(Nc4ccccc4)cc32)cc1. The number of anilines is 2. The summed E-state index contributed by atoms with van der Waals surface area (Å²) in [5.41, 5.74) is 9.89. The van der Waals surface area contributed by atoms with E-state index in [0.29, 0.717) is 0 Å². The maximum absolute atomic E-state index is 5.15. The Morgan fingerprint density at radius 3 is 2.12 bits per heavy atom. The predicted octanol–water partition coefficient (Wildman–Crippen LogP) is 7.18. The van der Waals surface area contributed by atoms with Crippen molar-refractivity contribution in [2.45, 2.75) is 13.8 Å². The van der Waals surface area contributed by atoms with E-state index >= 15 is 0 Å². The van der Waals surface area contributed by atoms with E-state index in [1.807, 2.05) is 6.07 Å². The third-order valence-electron chi connectivity index (χ3n) is 6.19. The molecule has 0 saturated heterocycles. The van der Waals surface area contributed by atoms with Gasteiger partial charge in [0.1, 0.15) is 11.0 Å². The quantitative estimate of drug-likeness (QED) is 0.184. The average molecular weight is 427 g/mol. The number of hydrogen-bond donors (Lipinski definition) is 1. The summed E-state index contributed by atoms with van der Waals surface area (Å²) in [5, 5.41) is 5.94. The monoisotopic (exact) mass is 426 g/mol. The zero-order valence-corrected chi connectivity index (χ0v) is 18.7. The van der Waals surface area contributed by atoms with Gasteiger partial charge in [0.25, 0.3) is 0 Å². The van der Waals surface area contributed by atoms with Crippen LogP contribution in [0.15, 0.2) is 103 Å². The van der Waals surface area contributed by atoms with Crippen molar-refractivity contribution < 1.29 is 4.57 Å². The van der Waals surface area contributed by atoms with Crippen LogP contribution in [0.1, 0.15) is 11.1 Å². The number of benzene rings is 5. The molecule has 1 heterocycles. The second-order valence-corrected chi connectivity index (χ2v) is 8.60. The van der Waals surface area contributed by atoms with Gasteiger partial charge < -0.3 is 5.32 Å². The first kappa shape index (κ1) is 19.4. The summed E-state index contributed by atoms with van der Waals surface area (Å²) in [7, 11) is 0. The number of para-hydroxylation sites is 1. The van der Waals surface area contributed by atoms with E-state index in [-0.39, 0.29) is 0 Å². The average Bonchev–Trinajstić information content (AvgIpc) is 2.84. The van der Waals surface area contributed by atoms with E-state index in [4.69, 9.17) is 4.98 Å². The molecule has 0 radical (unpaired) electrons. The maximum Gasteiger partial charge on any atom is 0.240 e. The van der Waals surface area contributed by atoms with Crippen LogP contribution in [0.25, 0.3) is 38.5 Å². The fraction of sp³-hybridized carbons (Fsp3) is 0.0667. The number of rotatable bonds is 3. The fourth-order valence-electron chi connectivity index (χ4n) is 4.54. The van der Waals surface area contributed by atoms with Gasteiger partial charge in [-0.2, -0.15) is 0 Å². The van der Waals surface area contributed by atoms with Crippen LogP contribution >= 0.6 is 0 Å². The number of aryl methyl sites for hydroxylation is 2. The molecule has 0 aliphatic heterocycles. The minimum Gasteiger partial charge on any atom is -0.355 e.